The van der Waals surface area contributed by atoms with E-state index in [4.69, 9.17) is 10.8 Å². The molecule has 1 amide bonds. The van der Waals surface area contributed by atoms with E-state index in [0.717, 1.165) is 32.1 Å². The predicted molar refractivity (Wildman–Crippen MR) is 73.6 cm³/mol. The molecule has 0 aliphatic heterocycles. The van der Waals surface area contributed by atoms with Gasteiger partial charge in [0, 0.05) is 18.5 Å². The number of nitrogens with one attached hydrogen (secondary N) is 1. The Balaban J connectivity index is 2.33. The largest absolute Gasteiger partial charge is 0.481 e. The Morgan fingerprint density at radius 1 is 1.32 bits per heavy atom. The zero-order valence-electron chi connectivity index (χ0n) is 11.7. The lowest BCUT2D eigenvalue weighted by atomic mass is 9.94. The number of hydrogen-bond donors (Lipinski definition) is 3. The van der Waals surface area contributed by atoms with E-state index in [1.165, 1.54) is 0 Å². The number of carbonyl (C=O) groups is 2. The zero-order chi connectivity index (χ0) is 14.3. The van der Waals surface area contributed by atoms with E-state index in [2.05, 4.69) is 5.32 Å². The molecule has 0 heterocycles. The normalized spacial score (nSPS) is 25.4. The number of rotatable bonds is 6. The molecule has 0 aromatic carbocycles. The molecular formula is C14H26N2O3. The second-order valence-electron chi connectivity index (χ2n) is 5.60. The van der Waals surface area contributed by atoms with Gasteiger partial charge in [-0.15, -0.1) is 0 Å². The zero-order valence-corrected chi connectivity index (χ0v) is 11.7. The third-order valence-electron chi connectivity index (χ3n) is 3.82. The summed E-state index contributed by atoms with van der Waals surface area (Å²) in [4.78, 5) is 22.6. The number of carboxylic acids is 1. The Hall–Kier alpha value is -1.10. The minimum absolute atomic E-state index is 0.0160. The predicted octanol–water partition coefficient (Wildman–Crippen LogP) is 1.65. The first-order valence-corrected chi connectivity index (χ1v) is 7.28. The van der Waals surface area contributed by atoms with Gasteiger partial charge in [0.05, 0.1) is 5.92 Å². The van der Waals surface area contributed by atoms with Gasteiger partial charge >= 0.3 is 5.97 Å². The topological polar surface area (TPSA) is 92.4 Å². The van der Waals surface area contributed by atoms with Crippen molar-refractivity contribution in [2.24, 2.45) is 11.7 Å². The van der Waals surface area contributed by atoms with E-state index >= 15 is 0 Å². The van der Waals surface area contributed by atoms with Crippen LogP contribution in [0, 0.1) is 5.92 Å². The molecule has 110 valence electrons. The third-order valence-corrected chi connectivity index (χ3v) is 3.82. The number of hydrogen-bond acceptors (Lipinski definition) is 3. The number of aliphatic carboxylic acids is 1. The molecule has 5 heteroatoms. The summed E-state index contributed by atoms with van der Waals surface area (Å²) in [6, 6.07) is -0.0176. The van der Waals surface area contributed by atoms with Crippen LogP contribution in [-0.2, 0) is 9.59 Å². The van der Waals surface area contributed by atoms with Crippen molar-refractivity contribution in [3.63, 3.8) is 0 Å². The highest BCUT2D eigenvalue weighted by molar-refractivity contribution is 5.79. The van der Waals surface area contributed by atoms with E-state index in [1.807, 2.05) is 6.92 Å². The van der Waals surface area contributed by atoms with E-state index in [-0.39, 0.29) is 30.3 Å². The summed E-state index contributed by atoms with van der Waals surface area (Å²) < 4.78 is 0. The lowest BCUT2D eigenvalue weighted by Gasteiger charge is -2.23. The van der Waals surface area contributed by atoms with Gasteiger partial charge in [-0.1, -0.05) is 19.3 Å². The second kappa shape index (κ2) is 8.15. The first-order chi connectivity index (χ1) is 9.00. The summed E-state index contributed by atoms with van der Waals surface area (Å²) >= 11 is 0. The standard InChI is InChI=1S/C14H26N2O3/c1-10(6-5-9-13(17)18)16-14(19)11-7-3-2-4-8-12(11)15/h10-12H,2-9,15H2,1H3,(H,16,19)(H,17,18). The van der Waals surface area contributed by atoms with Crippen molar-refractivity contribution in [1.29, 1.82) is 0 Å². The maximum absolute atomic E-state index is 12.2. The van der Waals surface area contributed by atoms with Crippen molar-refractivity contribution in [2.45, 2.75) is 70.4 Å². The lowest BCUT2D eigenvalue weighted by Crippen LogP contribution is -2.44. The summed E-state index contributed by atoms with van der Waals surface area (Å²) in [6.45, 7) is 1.92. The molecule has 1 rings (SSSR count). The summed E-state index contributed by atoms with van der Waals surface area (Å²) in [5, 5.41) is 11.5. The Morgan fingerprint density at radius 3 is 2.68 bits per heavy atom. The summed E-state index contributed by atoms with van der Waals surface area (Å²) in [5.41, 5.74) is 6.06. The van der Waals surface area contributed by atoms with Crippen molar-refractivity contribution in [2.75, 3.05) is 0 Å². The Kier molecular flexibility index (Phi) is 6.84. The maximum Gasteiger partial charge on any atom is 0.303 e. The highest BCUT2D eigenvalue weighted by atomic mass is 16.4. The first-order valence-electron chi connectivity index (χ1n) is 7.28. The minimum atomic E-state index is -0.788. The van der Waals surface area contributed by atoms with Gasteiger partial charge in [0.25, 0.3) is 0 Å². The smallest absolute Gasteiger partial charge is 0.303 e. The summed E-state index contributed by atoms with van der Waals surface area (Å²) in [7, 11) is 0. The lowest BCUT2D eigenvalue weighted by molar-refractivity contribution is -0.137. The molecule has 0 aromatic heterocycles. The van der Waals surface area contributed by atoms with Gasteiger partial charge in [0.2, 0.25) is 5.91 Å². The SMILES string of the molecule is CC(CCCC(=O)O)NC(=O)C1CCCCCC1N. The summed E-state index contributed by atoms with van der Waals surface area (Å²) in [5.74, 6) is -0.828. The van der Waals surface area contributed by atoms with Crippen LogP contribution in [0.1, 0.15) is 58.3 Å². The number of amides is 1. The first kappa shape index (κ1) is 16.0. The monoisotopic (exact) mass is 270 g/mol. The van der Waals surface area contributed by atoms with Crippen LogP contribution in [0.5, 0.6) is 0 Å². The molecule has 19 heavy (non-hydrogen) atoms. The fourth-order valence-electron chi connectivity index (χ4n) is 2.64. The molecule has 0 saturated heterocycles. The van der Waals surface area contributed by atoms with Gasteiger partial charge in [-0.3, -0.25) is 9.59 Å². The van der Waals surface area contributed by atoms with Crippen molar-refractivity contribution in [3.05, 3.63) is 0 Å². The molecule has 4 N–H and O–H groups in total. The van der Waals surface area contributed by atoms with Crippen LogP contribution in [0.4, 0.5) is 0 Å². The van der Waals surface area contributed by atoms with Crippen LogP contribution < -0.4 is 11.1 Å². The van der Waals surface area contributed by atoms with E-state index in [0.29, 0.717) is 12.8 Å². The van der Waals surface area contributed by atoms with Crippen molar-refractivity contribution >= 4 is 11.9 Å². The van der Waals surface area contributed by atoms with Gasteiger partial charge in [-0.05, 0) is 32.6 Å². The number of carbonyl (C=O) groups excluding carboxylic acids is 1. The van der Waals surface area contributed by atoms with Crippen LogP contribution in [0.25, 0.3) is 0 Å². The Labute approximate surface area is 114 Å². The molecule has 3 unspecified atom stereocenters. The van der Waals surface area contributed by atoms with Crippen LogP contribution in [0.15, 0.2) is 0 Å². The van der Waals surface area contributed by atoms with Gasteiger partial charge in [0.15, 0.2) is 0 Å². The molecule has 0 spiro atoms. The van der Waals surface area contributed by atoms with Crippen LogP contribution in [-0.4, -0.2) is 29.1 Å². The minimum Gasteiger partial charge on any atom is -0.481 e. The van der Waals surface area contributed by atoms with Gasteiger partial charge in [-0.25, -0.2) is 0 Å². The van der Waals surface area contributed by atoms with E-state index in [1.54, 1.807) is 0 Å². The van der Waals surface area contributed by atoms with Crippen molar-refractivity contribution < 1.29 is 14.7 Å². The van der Waals surface area contributed by atoms with E-state index in [9.17, 15) is 9.59 Å². The highest BCUT2D eigenvalue weighted by Crippen LogP contribution is 2.22. The number of nitrogens with two attached hydrogens (primary N) is 1. The molecule has 1 aliphatic rings. The quantitative estimate of drug-likeness (QED) is 0.640. The average molecular weight is 270 g/mol. The molecule has 0 aromatic rings. The molecule has 5 nitrogen and oxygen atoms in total. The molecule has 1 fully saturated rings. The average Bonchev–Trinajstić information content (AvgIpc) is 2.53. The maximum atomic E-state index is 12.2. The van der Waals surface area contributed by atoms with Crippen LogP contribution >= 0.6 is 0 Å². The summed E-state index contributed by atoms with van der Waals surface area (Å²) in [6.07, 6.45) is 6.57. The van der Waals surface area contributed by atoms with Crippen LogP contribution in [0.3, 0.4) is 0 Å². The molecule has 1 aliphatic carbocycles. The van der Waals surface area contributed by atoms with Gasteiger partial charge < -0.3 is 16.2 Å². The second-order valence-corrected chi connectivity index (χ2v) is 5.60. The highest BCUT2D eigenvalue weighted by Gasteiger charge is 2.27. The number of carboxylic acid groups (broad SMARTS) is 1. The fraction of sp³-hybridized carbons (Fsp3) is 0.857. The Bertz CT molecular complexity index is 307. The van der Waals surface area contributed by atoms with E-state index < -0.39 is 5.97 Å². The Morgan fingerprint density at radius 2 is 2.00 bits per heavy atom. The molecule has 0 radical (unpaired) electrons. The molecule has 3 atom stereocenters. The van der Waals surface area contributed by atoms with Gasteiger partial charge in [-0.2, -0.15) is 0 Å². The fourth-order valence-corrected chi connectivity index (χ4v) is 2.64. The molecular weight excluding hydrogens is 244 g/mol. The third kappa shape index (κ3) is 6.05. The van der Waals surface area contributed by atoms with Crippen molar-refractivity contribution in [1.82, 2.24) is 5.32 Å². The van der Waals surface area contributed by atoms with Gasteiger partial charge in [0.1, 0.15) is 0 Å². The van der Waals surface area contributed by atoms with Crippen LogP contribution in [0.2, 0.25) is 0 Å². The van der Waals surface area contributed by atoms with Crippen molar-refractivity contribution in [3.8, 4) is 0 Å². The molecule has 0 bridgehead atoms. The molecule has 1 saturated carbocycles.